The summed E-state index contributed by atoms with van der Waals surface area (Å²) in [5.74, 6) is -0.297. The normalized spacial score (nSPS) is 17.8. The first-order chi connectivity index (χ1) is 18.0. The van der Waals surface area contributed by atoms with Crippen LogP contribution in [0.15, 0.2) is 54.5 Å². The van der Waals surface area contributed by atoms with Crippen LogP contribution in [0.4, 0.5) is 15.8 Å². The number of nitrogens with zero attached hydrogens (tertiary/aromatic N) is 3. The highest BCUT2D eigenvalue weighted by molar-refractivity contribution is 6.36. The molecule has 0 radical (unpaired) electrons. The Labute approximate surface area is 228 Å². The lowest BCUT2D eigenvalue weighted by Crippen LogP contribution is -2.45. The SMILES string of the molecule is BC(Nc1cc(Cl)c2ncc(C#N)c(N[C@@H](C)C(C)(C)C)c2c1)(C1=CN(C2CC2)NN1)c1ccc(F)cc1. The summed E-state index contributed by atoms with van der Waals surface area (Å²) in [6, 6.07) is 13.1. The fraction of sp³-hybridized carbons (Fsp3) is 0.357. The number of pyridine rings is 1. The molecule has 3 aromatic rings. The van der Waals surface area contributed by atoms with Crippen molar-refractivity contribution >= 4 is 41.7 Å². The van der Waals surface area contributed by atoms with Gasteiger partial charge in [0.25, 0.3) is 0 Å². The van der Waals surface area contributed by atoms with E-state index in [1.807, 2.05) is 20.0 Å². The van der Waals surface area contributed by atoms with Gasteiger partial charge in [0.15, 0.2) is 0 Å². The van der Waals surface area contributed by atoms with Gasteiger partial charge in [-0.1, -0.05) is 44.5 Å². The van der Waals surface area contributed by atoms with Gasteiger partial charge in [-0.15, -0.1) is 5.53 Å². The van der Waals surface area contributed by atoms with E-state index in [2.05, 4.69) is 71.6 Å². The van der Waals surface area contributed by atoms with E-state index in [1.54, 1.807) is 18.3 Å². The lowest BCUT2D eigenvalue weighted by atomic mass is 9.69. The third-order valence-corrected chi connectivity index (χ3v) is 7.88. The molecule has 38 heavy (non-hydrogen) atoms. The molecule has 4 N–H and O–H groups in total. The maximum Gasteiger partial charge on any atom is 0.148 e. The molecule has 1 fully saturated rings. The van der Waals surface area contributed by atoms with Gasteiger partial charge in [-0.05, 0) is 55.0 Å². The summed E-state index contributed by atoms with van der Waals surface area (Å²) in [6.45, 7) is 8.54. The number of benzene rings is 2. The van der Waals surface area contributed by atoms with Crippen LogP contribution < -0.4 is 21.6 Å². The largest absolute Gasteiger partial charge is 0.380 e. The first kappa shape index (κ1) is 26.1. The van der Waals surface area contributed by atoms with Crippen molar-refractivity contribution in [1.29, 1.82) is 5.26 Å². The van der Waals surface area contributed by atoms with Crippen molar-refractivity contribution in [2.24, 2.45) is 5.41 Å². The Morgan fingerprint density at radius 1 is 1.24 bits per heavy atom. The summed E-state index contributed by atoms with van der Waals surface area (Å²) in [7, 11) is 2.04. The molecule has 1 aliphatic carbocycles. The fourth-order valence-corrected chi connectivity index (χ4v) is 4.77. The van der Waals surface area contributed by atoms with Crippen molar-refractivity contribution in [2.75, 3.05) is 10.6 Å². The van der Waals surface area contributed by atoms with E-state index in [0.717, 1.165) is 35.2 Å². The average molecular weight is 532 g/mol. The lowest BCUT2D eigenvalue weighted by Gasteiger charge is -2.34. The van der Waals surface area contributed by atoms with E-state index >= 15 is 0 Å². The highest BCUT2D eigenvalue weighted by atomic mass is 35.5. The average Bonchev–Trinajstić information content (AvgIpc) is 3.59. The molecular weight excluding hydrogens is 500 g/mol. The molecular formula is C28H32BClFN7. The summed E-state index contributed by atoms with van der Waals surface area (Å²) in [5, 5.41) is 20.4. The van der Waals surface area contributed by atoms with Gasteiger partial charge in [0, 0.05) is 35.6 Å². The summed E-state index contributed by atoms with van der Waals surface area (Å²) in [4.78, 5) is 4.50. The van der Waals surface area contributed by atoms with Crippen LogP contribution in [0.1, 0.15) is 51.7 Å². The zero-order chi connectivity index (χ0) is 27.2. The number of hydrogen-bond acceptors (Lipinski definition) is 7. The summed E-state index contributed by atoms with van der Waals surface area (Å²) in [5.41, 5.74) is 10.0. The van der Waals surface area contributed by atoms with Crippen molar-refractivity contribution in [3.63, 3.8) is 0 Å². The molecule has 196 valence electrons. The van der Waals surface area contributed by atoms with Gasteiger partial charge in [0.05, 0.1) is 32.9 Å². The van der Waals surface area contributed by atoms with Gasteiger partial charge in [-0.2, -0.15) is 5.26 Å². The summed E-state index contributed by atoms with van der Waals surface area (Å²) in [6.07, 6.45) is 5.89. The van der Waals surface area contributed by atoms with Crippen LogP contribution in [0.3, 0.4) is 0 Å². The van der Waals surface area contributed by atoms with Crippen molar-refractivity contribution in [2.45, 2.75) is 58.1 Å². The fourth-order valence-electron chi connectivity index (χ4n) is 4.50. The lowest BCUT2D eigenvalue weighted by molar-refractivity contribution is 0.260. The van der Waals surface area contributed by atoms with Crippen molar-refractivity contribution in [1.82, 2.24) is 21.0 Å². The Bertz CT molecular complexity index is 1440. The third kappa shape index (κ3) is 4.98. The Hall–Kier alpha value is -3.48. The minimum absolute atomic E-state index is 0.0375. The molecule has 0 spiro atoms. The zero-order valence-electron chi connectivity index (χ0n) is 22.3. The van der Waals surface area contributed by atoms with E-state index in [1.165, 1.54) is 12.1 Å². The van der Waals surface area contributed by atoms with Crippen molar-refractivity contribution in [3.05, 3.63) is 76.5 Å². The quantitative estimate of drug-likeness (QED) is 0.320. The maximum absolute atomic E-state index is 13.9. The predicted molar refractivity (Wildman–Crippen MR) is 153 cm³/mol. The summed E-state index contributed by atoms with van der Waals surface area (Å²) < 4.78 is 13.9. The van der Waals surface area contributed by atoms with Gasteiger partial charge >= 0.3 is 0 Å². The summed E-state index contributed by atoms with van der Waals surface area (Å²) >= 11 is 6.77. The third-order valence-electron chi connectivity index (χ3n) is 7.59. The first-order valence-corrected chi connectivity index (χ1v) is 13.2. The van der Waals surface area contributed by atoms with Crippen molar-refractivity contribution in [3.8, 4) is 6.07 Å². The van der Waals surface area contributed by atoms with Crippen LogP contribution in [-0.2, 0) is 5.44 Å². The molecule has 10 heteroatoms. The van der Waals surface area contributed by atoms with E-state index in [-0.39, 0.29) is 17.3 Å². The molecule has 0 saturated heterocycles. The maximum atomic E-state index is 13.9. The topological polar surface area (TPSA) is 88.0 Å². The molecule has 7 nitrogen and oxygen atoms in total. The Balaban J connectivity index is 1.61. The van der Waals surface area contributed by atoms with Gasteiger partial charge in [-0.25, -0.2) is 4.39 Å². The molecule has 2 heterocycles. The standard InChI is InChI=1S/C28H32BClFN7/c1-16(27(2,3)4)34-25-17(13-32)14-33-26-22(25)11-20(12-23(26)30)35-28(29,18-5-7-19(31)8-6-18)24-15-38(37-36-24)21-9-10-21/h5-8,11-12,14-16,21,35-37H,9-10,29H2,1-4H3,(H,33,34)/t16-,28?/m0/s1. The van der Waals surface area contributed by atoms with Crippen LogP contribution in [-0.4, -0.2) is 29.9 Å². The minimum Gasteiger partial charge on any atom is -0.380 e. The molecule has 1 saturated carbocycles. The van der Waals surface area contributed by atoms with E-state index in [4.69, 9.17) is 11.6 Å². The number of hydrogen-bond donors (Lipinski definition) is 4. The molecule has 1 aromatic heterocycles. The number of anilines is 2. The Kier molecular flexibility index (Phi) is 6.66. The van der Waals surface area contributed by atoms with Gasteiger partial charge in [0.2, 0.25) is 0 Å². The number of hydrazine groups is 2. The number of nitriles is 1. The molecule has 2 atom stereocenters. The van der Waals surface area contributed by atoms with E-state index < -0.39 is 5.44 Å². The molecule has 1 unspecified atom stereocenters. The van der Waals surface area contributed by atoms with Gasteiger partial charge < -0.3 is 16.1 Å². The predicted octanol–water partition coefficient (Wildman–Crippen LogP) is 4.97. The molecule has 5 rings (SSSR count). The smallest absolute Gasteiger partial charge is 0.148 e. The second-order valence-corrected chi connectivity index (χ2v) is 11.8. The molecule has 0 amide bonds. The van der Waals surface area contributed by atoms with Crippen molar-refractivity contribution < 1.29 is 4.39 Å². The van der Waals surface area contributed by atoms with Crippen LogP contribution in [0.2, 0.25) is 5.02 Å². The van der Waals surface area contributed by atoms with Crippen LogP contribution in [0, 0.1) is 22.6 Å². The Morgan fingerprint density at radius 3 is 2.58 bits per heavy atom. The van der Waals surface area contributed by atoms with Crippen LogP contribution >= 0.6 is 11.6 Å². The van der Waals surface area contributed by atoms with E-state index in [0.29, 0.717) is 27.8 Å². The number of fused-ring (bicyclic) bond motifs is 1. The van der Waals surface area contributed by atoms with Gasteiger partial charge in [0.1, 0.15) is 19.7 Å². The monoisotopic (exact) mass is 531 g/mol. The number of halogens is 2. The molecule has 1 aliphatic heterocycles. The number of nitrogens with one attached hydrogen (secondary N) is 4. The zero-order valence-corrected chi connectivity index (χ0v) is 23.0. The highest BCUT2D eigenvalue weighted by Gasteiger charge is 2.38. The minimum atomic E-state index is -0.756. The highest BCUT2D eigenvalue weighted by Crippen LogP contribution is 2.39. The molecule has 2 aliphatic rings. The van der Waals surface area contributed by atoms with Crippen LogP contribution in [0.25, 0.3) is 10.9 Å². The first-order valence-electron chi connectivity index (χ1n) is 12.8. The second-order valence-electron chi connectivity index (χ2n) is 11.4. The molecule has 2 aromatic carbocycles. The van der Waals surface area contributed by atoms with Crippen LogP contribution in [0.5, 0.6) is 0 Å². The molecule has 0 bridgehead atoms. The van der Waals surface area contributed by atoms with E-state index in [9.17, 15) is 9.65 Å². The second kappa shape index (κ2) is 9.68. The van der Waals surface area contributed by atoms with Gasteiger partial charge in [-0.3, -0.25) is 9.99 Å². The number of rotatable bonds is 7. The number of aromatic nitrogens is 1. The Morgan fingerprint density at radius 2 is 1.95 bits per heavy atom.